The van der Waals surface area contributed by atoms with E-state index < -0.39 is 5.97 Å². The summed E-state index contributed by atoms with van der Waals surface area (Å²) in [4.78, 5) is 25.7. The summed E-state index contributed by atoms with van der Waals surface area (Å²) in [6, 6.07) is 11.3. The zero-order valence-corrected chi connectivity index (χ0v) is 16.6. The van der Waals surface area contributed by atoms with E-state index in [4.69, 9.17) is 9.47 Å². The van der Waals surface area contributed by atoms with E-state index in [1.54, 1.807) is 6.92 Å². The number of anilines is 1. The zero-order valence-electron chi connectivity index (χ0n) is 15.0. The Morgan fingerprint density at radius 1 is 1.11 bits per heavy atom. The van der Waals surface area contributed by atoms with Crippen LogP contribution in [0.5, 0.6) is 5.75 Å². The second-order valence-electron chi connectivity index (χ2n) is 5.70. The Labute approximate surface area is 165 Å². The van der Waals surface area contributed by atoms with Gasteiger partial charge in [0.05, 0.1) is 6.61 Å². The topological polar surface area (TPSA) is 64.6 Å². The van der Waals surface area contributed by atoms with Crippen LogP contribution >= 0.6 is 22.7 Å². The molecule has 0 saturated heterocycles. The standard InChI is InChI=1S/C20H19NO4S2/c1-3-24-20(23)18-15(16-5-4-10-26-16)12-27-19(18)21-17(22)11-25-14-8-6-13(2)7-9-14/h4-10,12H,3,11H2,1-2H3,(H,21,22). The first-order valence-electron chi connectivity index (χ1n) is 8.40. The molecule has 0 radical (unpaired) electrons. The smallest absolute Gasteiger partial charge is 0.341 e. The molecule has 2 aromatic heterocycles. The molecule has 27 heavy (non-hydrogen) atoms. The molecular weight excluding hydrogens is 382 g/mol. The summed E-state index contributed by atoms with van der Waals surface area (Å²) in [5, 5.41) is 7.03. The number of benzene rings is 1. The number of amides is 1. The van der Waals surface area contributed by atoms with Crippen LogP contribution in [0.3, 0.4) is 0 Å². The van der Waals surface area contributed by atoms with Crippen LogP contribution in [0.25, 0.3) is 10.4 Å². The predicted octanol–water partition coefficient (Wildman–Crippen LogP) is 4.98. The molecule has 0 fully saturated rings. The Hall–Kier alpha value is -2.64. The second kappa shape index (κ2) is 8.83. The van der Waals surface area contributed by atoms with E-state index in [9.17, 15) is 9.59 Å². The maximum atomic E-state index is 12.4. The van der Waals surface area contributed by atoms with Crippen molar-refractivity contribution < 1.29 is 19.1 Å². The lowest BCUT2D eigenvalue weighted by molar-refractivity contribution is -0.118. The fourth-order valence-electron chi connectivity index (χ4n) is 2.42. The Kier molecular flexibility index (Phi) is 6.26. The molecule has 2 heterocycles. The summed E-state index contributed by atoms with van der Waals surface area (Å²) in [7, 11) is 0. The number of hydrogen-bond acceptors (Lipinski definition) is 6. The Bertz CT molecular complexity index is 914. The molecule has 0 unspecified atom stereocenters. The van der Waals surface area contributed by atoms with Gasteiger partial charge in [-0.3, -0.25) is 4.79 Å². The number of rotatable bonds is 7. The van der Waals surface area contributed by atoms with E-state index in [0.29, 0.717) is 16.3 Å². The van der Waals surface area contributed by atoms with Crippen LogP contribution in [0.15, 0.2) is 47.2 Å². The van der Waals surface area contributed by atoms with Gasteiger partial charge in [-0.05, 0) is 37.4 Å². The monoisotopic (exact) mass is 401 g/mol. The van der Waals surface area contributed by atoms with Gasteiger partial charge in [0.15, 0.2) is 6.61 Å². The summed E-state index contributed by atoms with van der Waals surface area (Å²) in [6.45, 7) is 3.86. The van der Waals surface area contributed by atoms with Gasteiger partial charge in [0.1, 0.15) is 16.3 Å². The number of nitrogens with one attached hydrogen (secondary N) is 1. The molecule has 0 atom stereocenters. The van der Waals surface area contributed by atoms with Crippen LogP contribution in [0.2, 0.25) is 0 Å². The lowest BCUT2D eigenvalue weighted by Crippen LogP contribution is -2.21. The molecule has 1 amide bonds. The summed E-state index contributed by atoms with van der Waals surface area (Å²) in [5.41, 5.74) is 2.27. The van der Waals surface area contributed by atoms with Crippen molar-refractivity contribution in [2.24, 2.45) is 0 Å². The third-order valence-electron chi connectivity index (χ3n) is 3.70. The van der Waals surface area contributed by atoms with Crippen LogP contribution in [0.4, 0.5) is 5.00 Å². The highest BCUT2D eigenvalue weighted by Crippen LogP contribution is 2.38. The zero-order chi connectivity index (χ0) is 19.2. The normalized spacial score (nSPS) is 10.4. The van der Waals surface area contributed by atoms with Crippen molar-refractivity contribution in [3.05, 3.63) is 58.3 Å². The van der Waals surface area contributed by atoms with Crippen LogP contribution in [-0.2, 0) is 9.53 Å². The van der Waals surface area contributed by atoms with Crippen LogP contribution in [0.1, 0.15) is 22.8 Å². The largest absolute Gasteiger partial charge is 0.484 e. The van der Waals surface area contributed by atoms with Gasteiger partial charge in [-0.15, -0.1) is 22.7 Å². The second-order valence-corrected chi connectivity index (χ2v) is 7.53. The van der Waals surface area contributed by atoms with Crippen molar-refractivity contribution in [3.63, 3.8) is 0 Å². The fourth-order valence-corrected chi connectivity index (χ4v) is 4.20. The van der Waals surface area contributed by atoms with E-state index in [1.165, 1.54) is 22.7 Å². The van der Waals surface area contributed by atoms with Crippen molar-refractivity contribution in [1.82, 2.24) is 0 Å². The molecular formula is C20H19NO4S2. The average Bonchev–Trinajstić information content (AvgIpc) is 3.31. The highest BCUT2D eigenvalue weighted by atomic mass is 32.1. The van der Waals surface area contributed by atoms with Gasteiger partial charge in [-0.2, -0.15) is 0 Å². The van der Waals surface area contributed by atoms with Gasteiger partial charge in [-0.25, -0.2) is 4.79 Å². The van der Waals surface area contributed by atoms with Crippen molar-refractivity contribution in [2.45, 2.75) is 13.8 Å². The Morgan fingerprint density at radius 2 is 1.89 bits per heavy atom. The molecule has 5 nitrogen and oxygen atoms in total. The average molecular weight is 402 g/mol. The first-order chi connectivity index (χ1) is 13.1. The first kappa shape index (κ1) is 19.1. The SMILES string of the molecule is CCOC(=O)c1c(-c2cccs2)csc1NC(=O)COc1ccc(C)cc1. The third-order valence-corrected chi connectivity index (χ3v) is 5.50. The number of esters is 1. The Morgan fingerprint density at radius 3 is 2.56 bits per heavy atom. The van der Waals surface area contributed by atoms with Gasteiger partial charge in [0.25, 0.3) is 5.91 Å². The van der Waals surface area contributed by atoms with Crippen molar-refractivity contribution >= 4 is 39.6 Å². The van der Waals surface area contributed by atoms with E-state index in [-0.39, 0.29) is 19.1 Å². The van der Waals surface area contributed by atoms with Crippen LogP contribution in [0, 0.1) is 6.92 Å². The fraction of sp³-hybridized carbons (Fsp3) is 0.200. The van der Waals surface area contributed by atoms with Crippen LogP contribution in [-0.4, -0.2) is 25.1 Å². The molecule has 1 aromatic carbocycles. The summed E-state index contributed by atoms with van der Waals surface area (Å²) in [6.07, 6.45) is 0. The van der Waals surface area contributed by atoms with E-state index in [1.807, 2.05) is 54.1 Å². The molecule has 3 aromatic rings. The number of ether oxygens (including phenoxy) is 2. The number of hydrogen-bond donors (Lipinski definition) is 1. The molecule has 0 aliphatic carbocycles. The number of carbonyl (C=O) groups excluding carboxylic acids is 2. The number of carbonyl (C=O) groups is 2. The minimum atomic E-state index is -0.447. The quantitative estimate of drug-likeness (QED) is 0.567. The molecule has 7 heteroatoms. The molecule has 140 valence electrons. The van der Waals surface area contributed by atoms with Crippen molar-refractivity contribution in [3.8, 4) is 16.2 Å². The first-order valence-corrected chi connectivity index (χ1v) is 10.2. The molecule has 0 bridgehead atoms. The van der Waals surface area contributed by atoms with Gasteiger partial charge in [0, 0.05) is 15.8 Å². The van der Waals surface area contributed by atoms with Crippen molar-refractivity contribution in [2.75, 3.05) is 18.5 Å². The van der Waals surface area contributed by atoms with E-state index in [0.717, 1.165) is 16.0 Å². The predicted molar refractivity (Wildman–Crippen MR) is 109 cm³/mol. The summed E-state index contributed by atoms with van der Waals surface area (Å²) < 4.78 is 10.7. The third kappa shape index (κ3) is 4.75. The van der Waals surface area contributed by atoms with Crippen LogP contribution < -0.4 is 10.1 Å². The van der Waals surface area contributed by atoms with Gasteiger partial charge in [0.2, 0.25) is 0 Å². The maximum absolute atomic E-state index is 12.4. The molecule has 0 saturated carbocycles. The molecule has 1 N–H and O–H groups in total. The summed E-state index contributed by atoms with van der Waals surface area (Å²) in [5.74, 6) is -0.163. The van der Waals surface area contributed by atoms with Gasteiger partial charge in [-0.1, -0.05) is 23.8 Å². The highest BCUT2D eigenvalue weighted by Gasteiger charge is 2.23. The Balaban J connectivity index is 1.74. The van der Waals surface area contributed by atoms with Gasteiger partial charge >= 0.3 is 5.97 Å². The summed E-state index contributed by atoms with van der Waals surface area (Å²) >= 11 is 2.83. The molecule has 0 spiro atoms. The minimum absolute atomic E-state index is 0.141. The maximum Gasteiger partial charge on any atom is 0.341 e. The number of thiophene rings is 2. The van der Waals surface area contributed by atoms with E-state index >= 15 is 0 Å². The lowest BCUT2D eigenvalue weighted by Gasteiger charge is -2.09. The molecule has 0 aliphatic rings. The lowest BCUT2D eigenvalue weighted by atomic mass is 10.1. The van der Waals surface area contributed by atoms with Crippen molar-refractivity contribution in [1.29, 1.82) is 0 Å². The van der Waals surface area contributed by atoms with Gasteiger partial charge < -0.3 is 14.8 Å². The number of aryl methyl sites for hydroxylation is 1. The van der Waals surface area contributed by atoms with E-state index in [2.05, 4.69) is 5.32 Å². The molecule has 0 aliphatic heterocycles. The highest BCUT2D eigenvalue weighted by molar-refractivity contribution is 7.17. The molecule has 3 rings (SSSR count). The minimum Gasteiger partial charge on any atom is -0.484 e.